The minimum Gasteiger partial charge on any atom is -0.355 e. The maximum atomic E-state index is 12.4. The quantitative estimate of drug-likeness (QED) is 0.832. The molecule has 1 saturated heterocycles. The molecule has 1 aliphatic carbocycles. The van der Waals surface area contributed by atoms with Gasteiger partial charge in [0.1, 0.15) is 0 Å². The Kier molecular flexibility index (Phi) is 6.23. The van der Waals surface area contributed by atoms with Crippen molar-refractivity contribution in [1.29, 1.82) is 0 Å². The molecule has 3 nitrogen and oxygen atoms in total. The molecule has 23 heavy (non-hydrogen) atoms. The second-order valence-corrected chi connectivity index (χ2v) is 7.47. The maximum absolute atomic E-state index is 12.4. The molecule has 1 aliphatic heterocycles. The molecule has 1 heterocycles. The number of nitrogens with one attached hydrogen (secondary N) is 2. The van der Waals surface area contributed by atoms with Gasteiger partial charge in [-0.3, -0.25) is 4.79 Å². The number of hydrogen-bond acceptors (Lipinski definition) is 2. The van der Waals surface area contributed by atoms with Gasteiger partial charge in [-0.2, -0.15) is 0 Å². The Labute approximate surface area is 153 Å². The van der Waals surface area contributed by atoms with Crippen LogP contribution in [0.5, 0.6) is 0 Å². The van der Waals surface area contributed by atoms with Crippen LogP contribution in [0.1, 0.15) is 37.7 Å². The predicted octanol–water partition coefficient (Wildman–Crippen LogP) is 4.02. The van der Waals surface area contributed by atoms with Crippen LogP contribution >= 0.6 is 35.6 Å². The average molecular weight is 378 g/mol. The average Bonchev–Trinajstić information content (AvgIpc) is 3.18. The lowest BCUT2D eigenvalue weighted by Gasteiger charge is -2.23. The first-order valence-electron chi connectivity index (χ1n) is 7.96. The third-order valence-corrected chi connectivity index (χ3v) is 5.84. The number of piperidine rings is 1. The lowest BCUT2D eigenvalue weighted by molar-refractivity contribution is -0.123. The maximum Gasteiger partial charge on any atom is 0.223 e. The van der Waals surface area contributed by atoms with Gasteiger partial charge in [-0.15, -0.1) is 12.4 Å². The van der Waals surface area contributed by atoms with E-state index in [4.69, 9.17) is 23.2 Å². The van der Waals surface area contributed by atoms with Gasteiger partial charge in [0, 0.05) is 28.4 Å². The SMILES string of the molecule is CC(CNC(=O)C1CC12CCNCC2)c1c(Cl)cccc1Cl.Cl. The van der Waals surface area contributed by atoms with Crippen LogP contribution in [0, 0.1) is 11.3 Å². The zero-order valence-corrected chi connectivity index (χ0v) is 15.5. The summed E-state index contributed by atoms with van der Waals surface area (Å²) in [6, 6.07) is 5.52. The van der Waals surface area contributed by atoms with Gasteiger partial charge in [0.25, 0.3) is 0 Å². The fourth-order valence-corrected chi connectivity index (χ4v) is 4.43. The van der Waals surface area contributed by atoms with Crippen molar-refractivity contribution < 1.29 is 4.79 Å². The van der Waals surface area contributed by atoms with Gasteiger partial charge in [0.15, 0.2) is 0 Å². The summed E-state index contributed by atoms with van der Waals surface area (Å²) in [5.41, 5.74) is 1.19. The molecule has 0 radical (unpaired) electrons. The number of benzene rings is 1. The van der Waals surface area contributed by atoms with Crippen LogP contribution < -0.4 is 10.6 Å². The summed E-state index contributed by atoms with van der Waals surface area (Å²) in [5, 5.41) is 7.78. The van der Waals surface area contributed by atoms with Gasteiger partial charge in [0.2, 0.25) is 5.91 Å². The largest absolute Gasteiger partial charge is 0.355 e. The Morgan fingerprint density at radius 3 is 2.57 bits per heavy atom. The summed E-state index contributed by atoms with van der Waals surface area (Å²) in [6.45, 7) is 4.69. The molecule has 0 aromatic heterocycles. The molecule has 6 heteroatoms. The molecule has 3 rings (SSSR count). The molecule has 1 amide bonds. The fourth-order valence-electron chi connectivity index (χ4n) is 3.66. The van der Waals surface area contributed by atoms with E-state index in [1.807, 2.05) is 25.1 Å². The Balaban J connectivity index is 0.00000192. The molecule has 2 atom stereocenters. The fraction of sp³-hybridized carbons (Fsp3) is 0.588. The normalized spacial score (nSPS) is 23.0. The van der Waals surface area contributed by atoms with E-state index >= 15 is 0 Å². The van der Waals surface area contributed by atoms with Crippen molar-refractivity contribution in [2.75, 3.05) is 19.6 Å². The molecule has 2 fully saturated rings. The van der Waals surface area contributed by atoms with E-state index in [0.717, 1.165) is 37.9 Å². The van der Waals surface area contributed by atoms with Crippen molar-refractivity contribution in [3.63, 3.8) is 0 Å². The van der Waals surface area contributed by atoms with E-state index < -0.39 is 0 Å². The Morgan fingerprint density at radius 2 is 1.96 bits per heavy atom. The van der Waals surface area contributed by atoms with E-state index in [-0.39, 0.29) is 35.6 Å². The minimum atomic E-state index is 0. The van der Waals surface area contributed by atoms with Crippen LogP contribution in [0.2, 0.25) is 10.0 Å². The lowest BCUT2D eigenvalue weighted by Crippen LogP contribution is -2.34. The first kappa shape index (κ1) is 18.9. The highest BCUT2D eigenvalue weighted by Gasteiger charge is 2.57. The first-order chi connectivity index (χ1) is 10.5. The first-order valence-corrected chi connectivity index (χ1v) is 8.71. The van der Waals surface area contributed by atoms with Crippen LogP contribution in [0.4, 0.5) is 0 Å². The van der Waals surface area contributed by atoms with Gasteiger partial charge >= 0.3 is 0 Å². The standard InChI is InChI=1S/C17H22Cl2N2O.ClH/c1-11(15-13(18)3-2-4-14(15)19)10-21-16(22)12-9-17(12)5-7-20-8-6-17;/h2-4,11-12,20H,5-10H2,1H3,(H,21,22);1H. The van der Waals surface area contributed by atoms with Crippen LogP contribution in [0.3, 0.4) is 0 Å². The third kappa shape index (κ3) is 3.96. The molecule has 2 N–H and O–H groups in total. The van der Waals surface area contributed by atoms with E-state index in [1.54, 1.807) is 0 Å². The van der Waals surface area contributed by atoms with Crippen molar-refractivity contribution in [3.8, 4) is 0 Å². The van der Waals surface area contributed by atoms with E-state index in [0.29, 0.717) is 16.6 Å². The Hall–Kier alpha value is -0.480. The van der Waals surface area contributed by atoms with E-state index in [9.17, 15) is 4.79 Å². The number of carbonyl (C=O) groups excluding carboxylic acids is 1. The molecule has 2 aliphatic rings. The van der Waals surface area contributed by atoms with Crippen LogP contribution in [0.25, 0.3) is 0 Å². The van der Waals surface area contributed by atoms with E-state index in [1.165, 1.54) is 0 Å². The van der Waals surface area contributed by atoms with Gasteiger partial charge < -0.3 is 10.6 Å². The smallest absolute Gasteiger partial charge is 0.223 e. The summed E-state index contributed by atoms with van der Waals surface area (Å²) < 4.78 is 0. The summed E-state index contributed by atoms with van der Waals surface area (Å²) >= 11 is 12.5. The van der Waals surface area contributed by atoms with E-state index in [2.05, 4.69) is 10.6 Å². The molecular weight excluding hydrogens is 355 g/mol. The number of hydrogen-bond donors (Lipinski definition) is 2. The number of rotatable bonds is 4. The van der Waals surface area contributed by atoms with Crippen LogP contribution in [-0.2, 0) is 4.79 Å². The second-order valence-electron chi connectivity index (χ2n) is 6.65. The molecule has 1 aromatic rings. The number of carbonyl (C=O) groups is 1. The minimum absolute atomic E-state index is 0. The highest BCUT2D eigenvalue weighted by molar-refractivity contribution is 6.36. The molecule has 2 unspecified atom stereocenters. The lowest BCUT2D eigenvalue weighted by atomic mass is 9.91. The predicted molar refractivity (Wildman–Crippen MR) is 97.8 cm³/mol. The third-order valence-electron chi connectivity index (χ3n) is 5.18. The van der Waals surface area contributed by atoms with Crippen molar-refractivity contribution in [2.24, 2.45) is 11.3 Å². The van der Waals surface area contributed by atoms with Gasteiger partial charge in [-0.1, -0.05) is 36.2 Å². The molecule has 0 bridgehead atoms. The van der Waals surface area contributed by atoms with Crippen molar-refractivity contribution in [2.45, 2.75) is 32.1 Å². The van der Waals surface area contributed by atoms with Crippen molar-refractivity contribution in [3.05, 3.63) is 33.8 Å². The molecular formula is C17H23Cl3N2O. The summed E-state index contributed by atoms with van der Waals surface area (Å²) in [4.78, 5) is 12.4. The van der Waals surface area contributed by atoms with Crippen LogP contribution in [0.15, 0.2) is 18.2 Å². The van der Waals surface area contributed by atoms with Crippen molar-refractivity contribution in [1.82, 2.24) is 10.6 Å². The van der Waals surface area contributed by atoms with Gasteiger partial charge in [0.05, 0.1) is 0 Å². The van der Waals surface area contributed by atoms with Gasteiger partial charge in [-0.25, -0.2) is 0 Å². The topological polar surface area (TPSA) is 41.1 Å². The van der Waals surface area contributed by atoms with Gasteiger partial charge in [-0.05, 0) is 55.5 Å². The van der Waals surface area contributed by atoms with Crippen molar-refractivity contribution >= 4 is 41.5 Å². The summed E-state index contributed by atoms with van der Waals surface area (Å²) in [6.07, 6.45) is 3.29. The monoisotopic (exact) mass is 376 g/mol. The molecule has 1 aromatic carbocycles. The summed E-state index contributed by atoms with van der Waals surface area (Å²) in [7, 11) is 0. The highest BCUT2D eigenvalue weighted by atomic mass is 35.5. The zero-order chi connectivity index (χ0) is 15.7. The zero-order valence-electron chi connectivity index (χ0n) is 13.2. The Morgan fingerprint density at radius 1 is 1.35 bits per heavy atom. The molecule has 1 spiro atoms. The Bertz CT molecular complexity index is 553. The number of amides is 1. The van der Waals surface area contributed by atoms with Crippen LogP contribution in [-0.4, -0.2) is 25.5 Å². The highest BCUT2D eigenvalue weighted by Crippen LogP contribution is 2.58. The molecule has 1 saturated carbocycles. The summed E-state index contributed by atoms with van der Waals surface area (Å²) in [5.74, 6) is 0.494. The number of halogens is 3. The molecule has 128 valence electrons. The second kappa shape index (κ2) is 7.60.